The molecule has 0 heterocycles. The smallest absolute Gasteiger partial charge is 0.243 e. The summed E-state index contributed by atoms with van der Waals surface area (Å²) in [6.45, 7) is 6.33. The first kappa shape index (κ1) is 15.6. The average Bonchev–Trinajstić information content (AvgIpc) is 3.14. The molecular weight excluding hydrogens is 296 g/mol. The van der Waals surface area contributed by atoms with Gasteiger partial charge in [0, 0.05) is 12.6 Å². The van der Waals surface area contributed by atoms with E-state index in [-0.39, 0.29) is 16.9 Å². The number of halogens is 1. The van der Waals surface area contributed by atoms with Crippen LogP contribution in [0.4, 0.5) is 5.69 Å². The minimum absolute atomic E-state index is 0.138. The van der Waals surface area contributed by atoms with E-state index in [1.54, 1.807) is 17.3 Å². The summed E-state index contributed by atoms with van der Waals surface area (Å²) in [5.41, 5.74) is 6.70. The van der Waals surface area contributed by atoms with Crippen molar-refractivity contribution in [3.63, 3.8) is 0 Å². The van der Waals surface area contributed by atoms with Crippen molar-refractivity contribution in [3.05, 3.63) is 22.7 Å². The van der Waals surface area contributed by atoms with E-state index in [0.29, 0.717) is 22.8 Å². The molecule has 1 aliphatic rings. The van der Waals surface area contributed by atoms with Gasteiger partial charge in [0.25, 0.3) is 0 Å². The summed E-state index contributed by atoms with van der Waals surface area (Å²) in [7, 11) is -3.51. The number of nitrogens with zero attached hydrogens (tertiary/aromatic N) is 1. The third kappa shape index (κ3) is 3.10. The Hall–Kier alpha value is -0.780. The molecule has 1 saturated carbocycles. The molecule has 0 saturated heterocycles. The number of hydrogen-bond acceptors (Lipinski definition) is 3. The molecule has 0 bridgehead atoms. The van der Waals surface area contributed by atoms with E-state index in [1.165, 1.54) is 6.07 Å². The molecule has 0 amide bonds. The Balaban J connectivity index is 2.45. The summed E-state index contributed by atoms with van der Waals surface area (Å²) in [6.07, 6.45) is 1.88. The maximum absolute atomic E-state index is 12.9. The molecule has 2 rings (SSSR count). The van der Waals surface area contributed by atoms with Crippen LogP contribution in [0.1, 0.15) is 32.3 Å². The topological polar surface area (TPSA) is 63.4 Å². The highest BCUT2D eigenvalue weighted by atomic mass is 35.5. The molecule has 112 valence electrons. The number of nitrogen functional groups attached to an aromatic ring is 1. The van der Waals surface area contributed by atoms with Gasteiger partial charge < -0.3 is 5.73 Å². The van der Waals surface area contributed by atoms with Gasteiger partial charge in [-0.2, -0.15) is 4.31 Å². The fraction of sp³-hybridized carbons (Fsp3) is 0.571. The van der Waals surface area contributed by atoms with Crippen LogP contribution in [0.3, 0.4) is 0 Å². The molecule has 4 nitrogen and oxygen atoms in total. The Morgan fingerprint density at radius 2 is 2.00 bits per heavy atom. The maximum atomic E-state index is 12.9. The molecule has 0 radical (unpaired) electrons. The Kier molecular flexibility index (Phi) is 4.33. The number of anilines is 1. The van der Waals surface area contributed by atoms with Crippen molar-refractivity contribution in [1.29, 1.82) is 0 Å². The second-order valence-corrected chi connectivity index (χ2v) is 8.11. The first-order chi connectivity index (χ1) is 9.23. The minimum Gasteiger partial charge on any atom is -0.397 e. The van der Waals surface area contributed by atoms with E-state index in [1.807, 2.05) is 13.8 Å². The zero-order chi connectivity index (χ0) is 15.1. The molecule has 0 atom stereocenters. The molecule has 0 unspecified atom stereocenters. The van der Waals surface area contributed by atoms with Crippen LogP contribution in [-0.4, -0.2) is 25.3 Å². The third-order valence-electron chi connectivity index (χ3n) is 3.38. The van der Waals surface area contributed by atoms with Gasteiger partial charge in [-0.3, -0.25) is 0 Å². The summed E-state index contributed by atoms with van der Waals surface area (Å²) < 4.78 is 27.3. The predicted octanol–water partition coefficient (Wildman–Crippen LogP) is 3.04. The van der Waals surface area contributed by atoms with Crippen LogP contribution in [0.5, 0.6) is 0 Å². The SMILES string of the molecule is Cc1cc(Cl)c(N)cc1S(=O)(=O)N(CC(C)C)C1CC1. The Morgan fingerprint density at radius 3 is 2.50 bits per heavy atom. The zero-order valence-corrected chi connectivity index (χ0v) is 13.6. The summed E-state index contributed by atoms with van der Waals surface area (Å²) in [5.74, 6) is 0.287. The second kappa shape index (κ2) is 5.54. The predicted molar refractivity (Wildman–Crippen MR) is 82.4 cm³/mol. The van der Waals surface area contributed by atoms with Crippen molar-refractivity contribution < 1.29 is 8.42 Å². The molecule has 0 aromatic heterocycles. The largest absolute Gasteiger partial charge is 0.397 e. The molecular formula is C14H21ClN2O2S. The lowest BCUT2D eigenvalue weighted by Crippen LogP contribution is -2.36. The van der Waals surface area contributed by atoms with Gasteiger partial charge in [-0.1, -0.05) is 25.4 Å². The van der Waals surface area contributed by atoms with Crippen LogP contribution in [0.25, 0.3) is 0 Å². The van der Waals surface area contributed by atoms with Crippen LogP contribution in [-0.2, 0) is 10.0 Å². The highest BCUT2D eigenvalue weighted by molar-refractivity contribution is 7.89. The molecule has 2 N–H and O–H groups in total. The van der Waals surface area contributed by atoms with Gasteiger partial charge in [0.15, 0.2) is 0 Å². The van der Waals surface area contributed by atoms with Gasteiger partial charge in [-0.05, 0) is 43.4 Å². The van der Waals surface area contributed by atoms with Crippen LogP contribution in [0.15, 0.2) is 17.0 Å². The quantitative estimate of drug-likeness (QED) is 0.849. The van der Waals surface area contributed by atoms with Crippen molar-refractivity contribution in [1.82, 2.24) is 4.31 Å². The van der Waals surface area contributed by atoms with E-state index in [0.717, 1.165) is 12.8 Å². The van der Waals surface area contributed by atoms with Gasteiger partial charge in [0.05, 0.1) is 15.6 Å². The zero-order valence-electron chi connectivity index (χ0n) is 12.1. The van der Waals surface area contributed by atoms with E-state index in [4.69, 9.17) is 17.3 Å². The molecule has 20 heavy (non-hydrogen) atoms. The Morgan fingerprint density at radius 1 is 1.40 bits per heavy atom. The number of hydrogen-bond donors (Lipinski definition) is 1. The van der Waals surface area contributed by atoms with Gasteiger partial charge in [0.2, 0.25) is 10.0 Å². The van der Waals surface area contributed by atoms with Gasteiger partial charge in [-0.25, -0.2) is 8.42 Å². The van der Waals surface area contributed by atoms with E-state index in [9.17, 15) is 8.42 Å². The highest BCUT2D eigenvalue weighted by Gasteiger charge is 2.38. The normalized spacial score (nSPS) is 16.1. The molecule has 6 heteroatoms. The van der Waals surface area contributed by atoms with Crippen molar-refractivity contribution in [3.8, 4) is 0 Å². The lowest BCUT2D eigenvalue weighted by molar-refractivity contribution is 0.360. The van der Waals surface area contributed by atoms with Crippen molar-refractivity contribution in [2.45, 2.75) is 44.6 Å². The van der Waals surface area contributed by atoms with Crippen molar-refractivity contribution in [2.24, 2.45) is 5.92 Å². The first-order valence-electron chi connectivity index (χ1n) is 6.81. The molecule has 1 aliphatic carbocycles. The molecule has 1 aromatic carbocycles. The lowest BCUT2D eigenvalue weighted by atomic mass is 10.2. The summed E-state index contributed by atoms with van der Waals surface area (Å²) in [6, 6.07) is 3.23. The molecule has 1 aromatic rings. The maximum Gasteiger partial charge on any atom is 0.243 e. The lowest BCUT2D eigenvalue weighted by Gasteiger charge is -2.25. The van der Waals surface area contributed by atoms with E-state index >= 15 is 0 Å². The van der Waals surface area contributed by atoms with Crippen molar-refractivity contribution in [2.75, 3.05) is 12.3 Å². The summed E-state index contributed by atoms with van der Waals surface area (Å²) in [4.78, 5) is 0.270. The van der Waals surface area contributed by atoms with Gasteiger partial charge >= 0.3 is 0 Å². The van der Waals surface area contributed by atoms with E-state index < -0.39 is 10.0 Å². The second-order valence-electron chi connectivity index (χ2n) is 5.84. The summed E-state index contributed by atoms with van der Waals surface area (Å²) in [5, 5.41) is 0.392. The van der Waals surface area contributed by atoms with Crippen LogP contribution >= 0.6 is 11.6 Å². The molecule has 0 spiro atoms. The number of sulfonamides is 1. The minimum atomic E-state index is -3.51. The highest BCUT2D eigenvalue weighted by Crippen LogP contribution is 2.35. The Labute approximate surface area is 126 Å². The fourth-order valence-electron chi connectivity index (χ4n) is 2.24. The van der Waals surface area contributed by atoms with Crippen LogP contribution in [0.2, 0.25) is 5.02 Å². The summed E-state index contributed by atoms with van der Waals surface area (Å²) >= 11 is 5.94. The first-order valence-corrected chi connectivity index (χ1v) is 8.62. The number of aryl methyl sites for hydroxylation is 1. The van der Waals surface area contributed by atoms with Crippen LogP contribution in [0, 0.1) is 12.8 Å². The fourth-order valence-corrected chi connectivity index (χ4v) is 4.55. The van der Waals surface area contributed by atoms with Gasteiger partial charge in [0.1, 0.15) is 0 Å². The van der Waals surface area contributed by atoms with Crippen LogP contribution < -0.4 is 5.73 Å². The molecule has 1 fully saturated rings. The molecule has 0 aliphatic heterocycles. The third-order valence-corrected chi connectivity index (χ3v) is 5.77. The number of benzene rings is 1. The van der Waals surface area contributed by atoms with Crippen molar-refractivity contribution >= 4 is 27.3 Å². The monoisotopic (exact) mass is 316 g/mol. The van der Waals surface area contributed by atoms with Gasteiger partial charge in [-0.15, -0.1) is 0 Å². The average molecular weight is 317 g/mol. The Bertz CT molecular complexity index is 610. The standard InChI is InChI=1S/C14H21ClN2O2S/c1-9(2)8-17(11-4-5-11)20(18,19)14-7-13(16)12(15)6-10(14)3/h6-7,9,11H,4-5,8,16H2,1-3H3. The number of nitrogens with two attached hydrogens (primary N) is 1. The van der Waals surface area contributed by atoms with E-state index in [2.05, 4.69) is 0 Å². The number of rotatable bonds is 5.